The van der Waals surface area contributed by atoms with Gasteiger partial charge in [0.15, 0.2) is 0 Å². The van der Waals surface area contributed by atoms with E-state index in [1.807, 2.05) is 0 Å². The Morgan fingerprint density at radius 1 is 1.25 bits per heavy atom. The zero-order valence-electron chi connectivity index (χ0n) is 10.5. The fraction of sp³-hybridized carbons (Fsp3) is 0.154. The van der Waals surface area contributed by atoms with Gasteiger partial charge in [-0.15, -0.1) is 0 Å². The van der Waals surface area contributed by atoms with Crippen LogP contribution < -0.4 is 4.74 Å². The molecule has 20 heavy (non-hydrogen) atoms. The highest BCUT2D eigenvalue weighted by molar-refractivity contribution is 6.30. The molecule has 2 N–H and O–H groups in total. The van der Waals surface area contributed by atoms with E-state index in [1.165, 1.54) is 0 Å². The summed E-state index contributed by atoms with van der Waals surface area (Å²) in [6.45, 7) is 1.16. The van der Waals surface area contributed by atoms with Crippen LogP contribution in [0.3, 0.4) is 0 Å². The maximum Gasteiger partial charge on any atom is 0.309 e. The number of halogens is 1. The lowest BCUT2D eigenvalue weighted by Gasteiger charge is -2.07. The van der Waals surface area contributed by atoms with Crippen LogP contribution in [0.15, 0.2) is 24.3 Å². The van der Waals surface area contributed by atoms with E-state index in [2.05, 4.69) is 9.97 Å². The minimum absolute atomic E-state index is 0.207. The predicted octanol–water partition coefficient (Wildman–Crippen LogP) is 2.06. The van der Waals surface area contributed by atoms with E-state index in [1.54, 1.807) is 24.3 Å². The molecule has 1 aromatic carbocycles. The molecule has 0 radical (unpaired) electrons. The second-order valence-corrected chi connectivity index (χ2v) is 4.45. The van der Waals surface area contributed by atoms with Crippen LogP contribution in [0.5, 0.6) is 17.5 Å². The highest BCUT2D eigenvalue weighted by atomic mass is 35.5. The SMILES string of the molecule is CC(=O)Oc1nc(Cc2ccc(Cl)cc2)nc(O)c1O. The maximum absolute atomic E-state index is 10.9. The molecule has 2 aromatic rings. The van der Waals surface area contributed by atoms with Gasteiger partial charge in [0.1, 0.15) is 5.82 Å². The van der Waals surface area contributed by atoms with Crippen LogP contribution in [0, 0.1) is 0 Å². The van der Waals surface area contributed by atoms with Crippen molar-refractivity contribution in [3.8, 4) is 17.5 Å². The van der Waals surface area contributed by atoms with Gasteiger partial charge in [-0.2, -0.15) is 9.97 Å². The average molecular weight is 295 g/mol. The van der Waals surface area contributed by atoms with Gasteiger partial charge in [0.25, 0.3) is 11.8 Å². The fourth-order valence-corrected chi connectivity index (χ4v) is 1.66. The van der Waals surface area contributed by atoms with Crippen LogP contribution >= 0.6 is 11.6 Å². The fourth-order valence-electron chi connectivity index (χ4n) is 1.54. The maximum atomic E-state index is 10.9. The molecule has 0 aliphatic carbocycles. The van der Waals surface area contributed by atoms with Gasteiger partial charge in [-0.1, -0.05) is 23.7 Å². The van der Waals surface area contributed by atoms with Crippen LogP contribution in [0.1, 0.15) is 18.3 Å². The minimum Gasteiger partial charge on any atom is -0.499 e. The number of hydrogen-bond acceptors (Lipinski definition) is 6. The Morgan fingerprint density at radius 3 is 2.50 bits per heavy atom. The zero-order chi connectivity index (χ0) is 14.7. The molecule has 0 spiro atoms. The van der Waals surface area contributed by atoms with E-state index in [0.717, 1.165) is 12.5 Å². The summed E-state index contributed by atoms with van der Waals surface area (Å²) in [5.74, 6) is -2.12. The molecule has 0 unspecified atom stereocenters. The monoisotopic (exact) mass is 294 g/mol. The normalized spacial score (nSPS) is 10.3. The first-order valence-electron chi connectivity index (χ1n) is 5.67. The Balaban J connectivity index is 2.30. The third kappa shape index (κ3) is 3.36. The Morgan fingerprint density at radius 2 is 1.90 bits per heavy atom. The van der Waals surface area contributed by atoms with Crippen molar-refractivity contribution < 1.29 is 19.7 Å². The Kier molecular flexibility index (Phi) is 4.05. The highest BCUT2D eigenvalue weighted by Crippen LogP contribution is 2.32. The van der Waals surface area contributed by atoms with Gasteiger partial charge in [0.05, 0.1) is 0 Å². The van der Waals surface area contributed by atoms with E-state index in [0.29, 0.717) is 11.4 Å². The summed E-state index contributed by atoms with van der Waals surface area (Å²) in [7, 11) is 0. The minimum atomic E-state index is -0.667. The summed E-state index contributed by atoms with van der Waals surface area (Å²) in [4.78, 5) is 18.5. The first kappa shape index (κ1) is 14.1. The van der Waals surface area contributed by atoms with Crippen LogP contribution in [0.2, 0.25) is 5.02 Å². The van der Waals surface area contributed by atoms with Crippen molar-refractivity contribution >= 4 is 17.6 Å². The van der Waals surface area contributed by atoms with Crippen LogP contribution in [0.25, 0.3) is 0 Å². The van der Waals surface area contributed by atoms with Gasteiger partial charge in [0, 0.05) is 18.4 Å². The summed E-state index contributed by atoms with van der Waals surface area (Å²) < 4.78 is 4.70. The quantitative estimate of drug-likeness (QED) is 0.842. The van der Waals surface area contributed by atoms with Crippen LogP contribution in [-0.2, 0) is 11.2 Å². The first-order chi connectivity index (χ1) is 9.45. The molecule has 1 aromatic heterocycles. The van der Waals surface area contributed by atoms with Crippen LogP contribution in [0.4, 0.5) is 0 Å². The van der Waals surface area contributed by atoms with Crippen LogP contribution in [-0.4, -0.2) is 26.2 Å². The number of carbonyl (C=O) groups excluding carboxylic acids is 1. The van der Waals surface area contributed by atoms with Gasteiger partial charge < -0.3 is 14.9 Å². The van der Waals surface area contributed by atoms with E-state index >= 15 is 0 Å². The second kappa shape index (κ2) is 5.75. The lowest BCUT2D eigenvalue weighted by Crippen LogP contribution is -2.06. The molecular weight excluding hydrogens is 284 g/mol. The first-order valence-corrected chi connectivity index (χ1v) is 6.05. The number of esters is 1. The smallest absolute Gasteiger partial charge is 0.309 e. The average Bonchev–Trinajstić information content (AvgIpc) is 2.37. The molecular formula is C13H11ClN2O4. The molecule has 0 amide bonds. The molecule has 0 saturated heterocycles. The van der Waals surface area contributed by atoms with E-state index in [4.69, 9.17) is 16.3 Å². The molecule has 7 heteroatoms. The van der Waals surface area contributed by atoms with E-state index in [9.17, 15) is 15.0 Å². The Bertz CT molecular complexity index is 644. The summed E-state index contributed by atoms with van der Waals surface area (Å²) >= 11 is 5.78. The number of carbonyl (C=O) groups is 1. The number of aromatic nitrogens is 2. The van der Waals surface area contributed by atoms with Crippen molar-refractivity contribution in [2.45, 2.75) is 13.3 Å². The Labute approximate surface area is 119 Å². The third-order valence-electron chi connectivity index (χ3n) is 2.40. The highest BCUT2D eigenvalue weighted by Gasteiger charge is 2.16. The summed E-state index contributed by atoms with van der Waals surface area (Å²) in [6, 6.07) is 6.98. The topological polar surface area (TPSA) is 92.5 Å². The molecule has 0 bridgehead atoms. The van der Waals surface area contributed by atoms with Gasteiger partial charge in [-0.3, -0.25) is 4.79 Å². The largest absolute Gasteiger partial charge is 0.499 e. The van der Waals surface area contributed by atoms with Gasteiger partial charge in [-0.05, 0) is 17.7 Å². The molecule has 6 nitrogen and oxygen atoms in total. The molecule has 104 valence electrons. The van der Waals surface area contributed by atoms with Gasteiger partial charge >= 0.3 is 5.97 Å². The number of aromatic hydroxyl groups is 2. The van der Waals surface area contributed by atoms with Gasteiger partial charge in [0.2, 0.25) is 5.75 Å². The van der Waals surface area contributed by atoms with Crippen molar-refractivity contribution in [3.05, 3.63) is 40.7 Å². The van der Waals surface area contributed by atoms with E-state index in [-0.39, 0.29) is 11.7 Å². The Hall–Kier alpha value is -2.34. The van der Waals surface area contributed by atoms with Crippen molar-refractivity contribution in [1.82, 2.24) is 9.97 Å². The molecule has 0 aliphatic heterocycles. The second-order valence-electron chi connectivity index (χ2n) is 4.01. The zero-order valence-corrected chi connectivity index (χ0v) is 11.3. The number of rotatable bonds is 3. The summed E-state index contributed by atoms with van der Waals surface area (Å²) in [5, 5.41) is 19.6. The third-order valence-corrected chi connectivity index (χ3v) is 2.65. The standard InChI is InChI=1S/C13H11ClN2O4/c1-7(17)20-13-11(18)12(19)15-10(16-13)6-8-2-4-9(14)5-3-8/h2-5,18H,6H2,1H3,(H,15,16,19). The lowest BCUT2D eigenvalue weighted by atomic mass is 10.1. The summed E-state index contributed by atoms with van der Waals surface area (Å²) in [5.41, 5.74) is 0.855. The lowest BCUT2D eigenvalue weighted by molar-refractivity contribution is -0.132. The van der Waals surface area contributed by atoms with Gasteiger partial charge in [-0.25, -0.2) is 0 Å². The molecule has 0 atom stereocenters. The number of hydrogen-bond donors (Lipinski definition) is 2. The molecule has 2 rings (SSSR count). The molecule has 0 aliphatic rings. The molecule has 1 heterocycles. The molecule has 0 saturated carbocycles. The van der Waals surface area contributed by atoms with Crippen molar-refractivity contribution in [1.29, 1.82) is 0 Å². The number of ether oxygens (including phenoxy) is 1. The van der Waals surface area contributed by atoms with E-state index < -0.39 is 17.6 Å². The predicted molar refractivity (Wildman–Crippen MR) is 70.9 cm³/mol. The van der Waals surface area contributed by atoms with Crippen molar-refractivity contribution in [3.63, 3.8) is 0 Å². The summed E-state index contributed by atoms with van der Waals surface area (Å²) in [6.07, 6.45) is 0.291. The molecule has 0 fully saturated rings. The van der Waals surface area contributed by atoms with Crippen molar-refractivity contribution in [2.24, 2.45) is 0 Å². The van der Waals surface area contributed by atoms with Crippen molar-refractivity contribution in [2.75, 3.05) is 0 Å². The number of nitrogens with zero attached hydrogens (tertiary/aromatic N) is 2. The number of benzene rings is 1.